The Morgan fingerprint density at radius 2 is 1.66 bits per heavy atom. The molecule has 0 fully saturated rings. The van der Waals surface area contributed by atoms with Crippen LogP contribution < -0.4 is 4.90 Å². The van der Waals surface area contributed by atoms with Gasteiger partial charge in [-0.15, -0.1) is 0 Å². The summed E-state index contributed by atoms with van der Waals surface area (Å²) in [6.07, 6.45) is 0. The van der Waals surface area contributed by atoms with E-state index in [1.165, 1.54) is 7.11 Å². The highest BCUT2D eigenvalue weighted by Crippen LogP contribution is 2.44. The van der Waals surface area contributed by atoms with E-state index in [0.29, 0.717) is 22.4 Å². The zero-order valence-electron chi connectivity index (χ0n) is 16.3. The molecule has 29 heavy (non-hydrogen) atoms. The first-order valence-corrected chi connectivity index (χ1v) is 9.33. The summed E-state index contributed by atoms with van der Waals surface area (Å²) in [7, 11) is 1.34. The standard InChI is InChI=1S/C24H21NO4/c1-16-7-13-19(14-8-16)24(28)20-5-3-4-6-21(20)25(23(24)27)15-17-9-11-18(12-10-17)22(26)29-2/h3-14,28H,15H2,1-2H3. The second-order valence-corrected chi connectivity index (χ2v) is 7.17. The molecule has 0 radical (unpaired) electrons. The van der Waals surface area contributed by atoms with Crippen LogP contribution in [0.1, 0.15) is 32.6 Å². The molecule has 1 aliphatic heterocycles. The number of ether oxygens (including phenoxy) is 1. The normalized spacial score (nSPS) is 17.9. The van der Waals surface area contributed by atoms with Crippen molar-refractivity contribution in [2.75, 3.05) is 12.0 Å². The molecule has 1 heterocycles. The molecule has 3 aromatic carbocycles. The van der Waals surface area contributed by atoms with Gasteiger partial charge in [-0.2, -0.15) is 0 Å². The van der Waals surface area contributed by atoms with Gasteiger partial charge in [0, 0.05) is 5.56 Å². The number of aryl methyl sites for hydroxylation is 1. The van der Waals surface area contributed by atoms with Gasteiger partial charge in [0.2, 0.25) is 0 Å². The van der Waals surface area contributed by atoms with E-state index in [0.717, 1.165) is 11.1 Å². The van der Waals surface area contributed by atoms with Crippen molar-refractivity contribution >= 4 is 17.6 Å². The van der Waals surface area contributed by atoms with Crippen LogP contribution in [0.4, 0.5) is 5.69 Å². The van der Waals surface area contributed by atoms with E-state index in [9.17, 15) is 14.7 Å². The van der Waals surface area contributed by atoms with E-state index in [2.05, 4.69) is 0 Å². The SMILES string of the molecule is COC(=O)c1ccc(CN2C(=O)C(O)(c3ccc(C)cc3)c3ccccc32)cc1. The summed E-state index contributed by atoms with van der Waals surface area (Å²) in [5.74, 6) is -0.799. The number of aliphatic hydroxyl groups is 1. The van der Waals surface area contributed by atoms with Crippen molar-refractivity contribution in [3.63, 3.8) is 0 Å². The Labute approximate surface area is 169 Å². The number of hydrogen-bond donors (Lipinski definition) is 1. The lowest BCUT2D eigenvalue weighted by Crippen LogP contribution is -2.40. The van der Waals surface area contributed by atoms with E-state index in [1.807, 2.05) is 37.3 Å². The molecular formula is C24H21NO4. The van der Waals surface area contributed by atoms with Crippen molar-refractivity contribution in [2.24, 2.45) is 0 Å². The van der Waals surface area contributed by atoms with Crippen LogP contribution in [0.3, 0.4) is 0 Å². The molecule has 1 N–H and O–H groups in total. The van der Waals surface area contributed by atoms with E-state index >= 15 is 0 Å². The molecule has 4 rings (SSSR count). The summed E-state index contributed by atoms with van der Waals surface area (Å²) in [5.41, 5.74) is 2.41. The number of rotatable bonds is 4. The monoisotopic (exact) mass is 387 g/mol. The number of carbonyl (C=O) groups excluding carboxylic acids is 2. The van der Waals surface area contributed by atoms with Gasteiger partial charge < -0.3 is 14.7 Å². The number of nitrogens with zero attached hydrogens (tertiary/aromatic N) is 1. The minimum Gasteiger partial charge on any atom is -0.465 e. The van der Waals surface area contributed by atoms with Gasteiger partial charge in [-0.25, -0.2) is 4.79 Å². The second-order valence-electron chi connectivity index (χ2n) is 7.17. The highest BCUT2D eigenvalue weighted by atomic mass is 16.5. The van der Waals surface area contributed by atoms with E-state index < -0.39 is 11.6 Å². The Bertz CT molecular complexity index is 1070. The van der Waals surface area contributed by atoms with Gasteiger partial charge in [-0.3, -0.25) is 4.79 Å². The number of para-hydroxylation sites is 1. The minimum absolute atomic E-state index is 0.283. The van der Waals surface area contributed by atoms with Crippen LogP contribution in [0.2, 0.25) is 0 Å². The molecule has 3 aromatic rings. The first-order valence-electron chi connectivity index (χ1n) is 9.33. The van der Waals surface area contributed by atoms with Crippen molar-refractivity contribution in [2.45, 2.75) is 19.1 Å². The molecule has 1 amide bonds. The average Bonchev–Trinajstić information content (AvgIpc) is 2.97. The highest BCUT2D eigenvalue weighted by Gasteiger charge is 2.50. The molecule has 146 valence electrons. The van der Waals surface area contributed by atoms with Crippen LogP contribution in [0, 0.1) is 6.92 Å². The predicted molar refractivity (Wildman–Crippen MR) is 110 cm³/mol. The number of methoxy groups -OCH3 is 1. The fraction of sp³-hybridized carbons (Fsp3) is 0.167. The van der Waals surface area contributed by atoms with Gasteiger partial charge in [0.1, 0.15) is 0 Å². The van der Waals surface area contributed by atoms with Crippen LogP contribution in [0.25, 0.3) is 0 Å². The highest BCUT2D eigenvalue weighted by molar-refractivity contribution is 6.09. The molecule has 0 saturated heterocycles. The number of fused-ring (bicyclic) bond motifs is 1. The zero-order chi connectivity index (χ0) is 20.6. The van der Waals surface area contributed by atoms with Crippen molar-refractivity contribution < 1.29 is 19.4 Å². The smallest absolute Gasteiger partial charge is 0.337 e. The topological polar surface area (TPSA) is 66.8 Å². The number of esters is 1. The average molecular weight is 387 g/mol. The predicted octanol–water partition coefficient (Wildman–Crippen LogP) is 3.56. The molecule has 0 aromatic heterocycles. The fourth-order valence-electron chi connectivity index (χ4n) is 3.71. The Morgan fingerprint density at radius 1 is 1.00 bits per heavy atom. The van der Waals surface area contributed by atoms with Crippen LogP contribution in [0.5, 0.6) is 0 Å². The largest absolute Gasteiger partial charge is 0.465 e. The summed E-state index contributed by atoms with van der Waals surface area (Å²) in [6.45, 7) is 2.24. The van der Waals surface area contributed by atoms with Crippen LogP contribution in [-0.4, -0.2) is 24.1 Å². The van der Waals surface area contributed by atoms with Crippen molar-refractivity contribution in [3.8, 4) is 0 Å². The van der Waals surface area contributed by atoms with Crippen LogP contribution in [0.15, 0.2) is 72.8 Å². The Morgan fingerprint density at radius 3 is 2.31 bits per heavy atom. The summed E-state index contributed by atoms with van der Waals surface area (Å²) >= 11 is 0. The summed E-state index contributed by atoms with van der Waals surface area (Å²) in [4.78, 5) is 26.6. The van der Waals surface area contributed by atoms with E-state index in [-0.39, 0.29) is 12.5 Å². The van der Waals surface area contributed by atoms with Crippen molar-refractivity contribution in [1.82, 2.24) is 0 Å². The van der Waals surface area contributed by atoms with Gasteiger partial charge in [-0.05, 0) is 36.2 Å². The van der Waals surface area contributed by atoms with Crippen molar-refractivity contribution in [3.05, 3.63) is 101 Å². The van der Waals surface area contributed by atoms with Gasteiger partial charge in [-0.1, -0.05) is 60.2 Å². The number of hydrogen-bond acceptors (Lipinski definition) is 4. The van der Waals surface area contributed by atoms with E-state index in [4.69, 9.17) is 4.74 Å². The fourth-order valence-corrected chi connectivity index (χ4v) is 3.71. The maximum Gasteiger partial charge on any atom is 0.337 e. The van der Waals surface area contributed by atoms with Gasteiger partial charge >= 0.3 is 5.97 Å². The van der Waals surface area contributed by atoms with Crippen molar-refractivity contribution in [1.29, 1.82) is 0 Å². The van der Waals surface area contributed by atoms with Crippen LogP contribution in [-0.2, 0) is 21.7 Å². The molecular weight excluding hydrogens is 366 g/mol. The first kappa shape index (κ1) is 18.9. The summed E-state index contributed by atoms with van der Waals surface area (Å²) in [5, 5.41) is 11.5. The van der Waals surface area contributed by atoms with Gasteiger partial charge in [0.15, 0.2) is 5.60 Å². The third-order valence-corrected chi connectivity index (χ3v) is 5.32. The lowest BCUT2D eigenvalue weighted by atomic mass is 9.87. The molecule has 0 bridgehead atoms. The zero-order valence-corrected chi connectivity index (χ0v) is 16.3. The lowest BCUT2D eigenvalue weighted by molar-refractivity contribution is -0.132. The van der Waals surface area contributed by atoms with Gasteiger partial charge in [0.25, 0.3) is 5.91 Å². The maximum atomic E-state index is 13.4. The molecule has 1 unspecified atom stereocenters. The third-order valence-electron chi connectivity index (χ3n) is 5.32. The number of anilines is 1. The summed E-state index contributed by atoms with van der Waals surface area (Å²) in [6, 6.07) is 21.5. The molecule has 0 saturated carbocycles. The van der Waals surface area contributed by atoms with Gasteiger partial charge in [0.05, 0.1) is 24.9 Å². The molecule has 0 spiro atoms. The quantitative estimate of drug-likeness (QED) is 0.695. The Kier molecular flexibility index (Phi) is 4.68. The molecule has 1 aliphatic rings. The number of amides is 1. The summed E-state index contributed by atoms with van der Waals surface area (Å²) < 4.78 is 4.72. The first-order chi connectivity index (χ1) is 13.9. The number of benzene rings is 3. The third kappa shape index (κ3) is 3.09. The number of carbonyl (C=O) groups is 2. The maximum absolute atomic E-state index is 13.4. The lowest BCUT2D eigenvalue weighted by Gasteiger charge is -2.24. The molecule has 5 heteroatoms. The second kappa shape index (κ2) is 7.18. The van der Waals surface area contributed by atoms with Crippen LogP contribution >= 0.6 is 0 Å². The molecule has 1 atom stereocenters. The Balaban J connectivity index is 1.71. The van der Waals surface area contributed by atoms with E-state index in [1.54, 1.807) is 47.4 Å². The molecule has 5 nitrogen and oxygen atoms in total. The minimum atomic E-state index is -1.73. The Hall–Kier alpha value is -3.44. The molecule has 0 aliphatic carbocycles.